The van der Waals surface area contributed by atoms with Gasteiger partial charge in [-0.15, -0.1) is 9.42 Å². The largest absolute Gasteiger partial charge is 0.694 e. The molecule has 0 spiro atoms. The molecule has 0 saturated carbocycles. The fraction of sp³-hybridized carbons (Fsp3) is 0.429. The van der Waals surface area contributed by atoms with Crippen LogP contribution in [0.3, 0.4) is 0 Å². The van der Waals surface area contributed by atoms with E-state index in [0.717, 1.165) is 49.0 Å². The minimum absolute atomic E-state index is 0.175. The van der Waals surface area contributed by atoms with Crippen molar-refractivity contribution in [1.29, 1.82) is 0 Å². The molecular formula is C21H28ClFN2O3P+. The van der Waals surface area contributed by atoms with Gasteiger partial charge in [0.25, 0.3) is 0 Å². The highest BCUT2D eigenvalue weighted by Crippen LogP contribution is 2.23. The van der Waals surface area contributed by atoms with Crippen molar-refractivity contribution < 1.29 is 18.4 Å². The zero-order valence-corrected chi connectivity index (χ0v) is 18.0. The molecule has 2 rings (SSSR count). The molecule has 158 valence electrons. The Hall–Kier alpha value is -1.56. The average Bonchev–Trinajstić information content (AvgIpc) is 2.68. The van der Waals surface area contributed by atoms with Crippen molar-refractivity contribution in [3.63, 3.8) is 0 Å². The van der Waals surface area contributed by atoms with Crippen LogP contribution in [0.4, 0.5) is 10.1 Å². The molecule has 0 aliphatic heterocycles. The fourth-order valence-corrected chi connectivity index (χ4v) is 3.49. The maximum atomic E-state index is 13.1. The van der Waals surface area contributed by atoms with E-state index in [2.05, 4.69) is 15.2 Å². The first-order valence-corrected chi connectivity index (χ1v) is 11.3. The number of rotatable bonds is 14. The molecule has 0 radical (unpaired) electrons. The highest BCUT2D eigenvalue weighted by Gasteiger charge is 2.10. The molecule has 0 heterocycles. The van der Waals surface area contributed by atoms with Crippen LogP contribution in [-0.4, -0.2) is 24.6 Å². The molecule has 0 saturated heterocycles. The van der Waals surface area contributed by atoms with Crippen LogP contribution < -0.4 is 10.6 Å². The van der Waals surface area contributed by atoms with E-state index < -0.39 is 8.25 Å². The summed E-state index contributed by atoms with van der Waals surface area (Å²) >= 11 is 6.36. The van der Waals surface area contributed by atoms with Crippen LogP contribution in [0.25, 0.3) is 0 Å². The van der Waals surface area contributed by atoms with Gasteiger partial charge in [-0.05, 0) is 67.6 Å². The van der Waals surface area contributed by atoms with Gasteiger partial charge in [-0.3, -0.25) is 0 Å². The molecule has 0 fully saturated rings. The van der Waals surface area contributed by atoms with Crippen molar-refractivity contribution in [1.82, 2.24) is 5.32 Å². The van der Waals surface area contributed by atoms with E-state index in [9.17, 15) is 8.96 Å². The molecule has 0 aromatic heterocycles. The molecule has 0 aliphatic carbocycles. The first kappa shape index (κ1) is 23.7. The summed E-state index contributed by atoms with van der Waals surface area (Å²) in [6.45, 7) is 2.46. The lowest BCUT2D eigenvalue weighted by Gasteiger charge is -2.11. The first-order valence-electron chi connectivity index (χ1n) is 9.81. The van der Waals surface area contributed by atoms with Gasteiger partial charge in [0, 0.05) is 17.7 Å². The molecular weight excluding hydrogens is 414 g/mol. The minimum Gasteiger partial charge on any atom is -0.384 e. The molecule has 0 aliphatic rings. The lowest BCUT2D eigenvalue weighted by molar-refractivity contribution is 0.276. The van der Waals surface area contributed by atoms with Crippen molar-refractivity contribution in [2.45, 2.75) is 38.6 Å². The molecule has 2 aromatic rings. The maximum absolute atomic E-state index is 13.1. The molecule has 3 N–H and O–H groups in total. The fourth-order valence-electron chi connectivity index (χ4n) is 2.93. The van der Waals surface area contributed by atoms with Crippen LogP contribution in [0, 0.1) is 5.82 Å². The van der Waals surface area contributed by atoms with Gasteiger partial charge in [0.2, 0.25) is 0 Å². The predicted molar refractivity (Wildman–Crippen MR) is 116 cm³/mol. The number of anilines is 1. The summed E-state index contributed by atoms with van der Waals surface area (Å²) in [7, 11) is -2.51. The summed E-state index contributed by atoms with van der Waals surface area (Å²) in [5.41, 5.74) is 3.03. The molecule has 8 heteroatoms. The molecule has 1 unspecified atom stereocenters. The van der Waals surface area contributed by atoms with E-state index in [4.69, 9.17) is 16.5 Å². The summed E-state index contributed by atoms with van der Waals surface area (Å²) in [4.78, 5) is 8.54. The summed E-state index contributed by atoms with van der Waals surface area (Å²) in [5, 5.41) is 7.29. The van der Waals surface area contributed by atoms with Gasteiger partial charge < -0.3 is 10.6 Å². The van der Waals surface area contributed by atoms with Crippen molar-refractivity contribution in [3.8, 4) is 0 Å². The second-order valence-electron chi connectivity index (χ2n) is 6.78. The Morgan fingerprint density at radius 1 is 1.03 bits per heavy atom. The maximum Gasteiger partial charge on any atom is 0.694 e. The number of hydrogen-bond acceptors (Lipinski definition) is 4. The third-order valence-electron chi connectivity index (χ3n) is 4.41. The van der Waals surface area contributed by atoms with Crippen LogP contribution in [0.1, 0.15) is 36.8 Å². The first-order chi connectivity index (χ1) is 14.0. The molecule has 2 aromatic carbocycles. The van der Waals surface area contributed by atoms with Gasteiger partial charge in [-0.1, -0.05) is 36.2 Å². The zero-order chi connectivity index (χ0) is 20.9. The molecule has 29 heavy (non-hydrogen) atoms. The summed E-state index contributed by atoms with van der Waals surface area (Å²) in [6.07, 6.45) is 4.68. The van der Waals surface area contributed by atoms with Crippen LogP contribution in [0.5, 0.6) is 0 Å². The van der Waals surface area contributed by atoms with Gasteiger partial charge in [-0.2, -0.15) is 0 Å². The Balaban J connectivity index is 1.59. The summed E-state index contributed by atoms with van der Waals surface area (Å²) in [5.74, 6) is -0.175. The van der Waals surface area contributed by atoms with Crippen LogP contribution in [0.15, 0.2) is 42.5 Å². The average molecular weight is 442 g/mol. The van der Waals surface area contributed by atoms with Crippen molar-refractivity contribution in [2.24, 2.45) is 0 Å². The summed E-state index contributed by atoms with van der Waals surface area (Å²) < 4.78 is 28.1. The van der Waals surface area contributed by atoms with E-state index >= 15 is 0 Å². The van der Waals surface area contributed by atoms with Gasteiger partial charge in [0.05, 0.1) is 10.7 Å². The van der Waals surface area contributed by atoms with Crippen LogP contribution in [-0.2, 0) is 22.1 Å². The van der Waals surface area contributed by atoms with Crippen molar-refractivity contribution in [2.75, 3.05) is 25.0 Å². The Morgan fingerprint density at radius 3 is 2.66 bits per heavy atom. The predicted octanol–water partition coefficient (Wildman–Crippen LogP) is 5.45. The van der Waals surface area contributed by atoms with Crippen LogP contribution >= 0.6 is 19.9 Å². The number of unbranched alkanes of at least 4 members (excludes halogenated alkanes) is 2. The lowest BCUT2D eigenvalue weighted by Crippen LogP contribution is -2.16. The van der Waals surface area contributed by atoms with Crippen LogP contribution in [0.2, 0.25) is 5.02 Å². The number of benzene rings is 2. The quantitative estimate of drug-likeness (QED) is 0.268. The Labute approximate surface area is 177 Å². The second-order valence-corrected chi connectivity index (χ2v) is 7.92. The monoisotopic (exact) mass is 441 g/mol. The van der Waals surface area contributed by atoms with Crippen molar-refractivity contribution >= 4 is 25.5 Å². The van der Waals surface area contributed by atoms with E-state index in [1.165, 1.54) is 6.07 Å². The van der Waals surface area contributed by atoms with E-state index in [1.54, 1.807) is 12.1 Å². The van der Waals surface area contributed by atoms with Gasteiger partial charge >= 0.3 is 8.25 Å². The number of nitrogens with one attached hydrogen (secondary N) is 2. The Bertz CT molecular complexity index is 779. The van der Waals surface area contributed by atoms with Gasteiger partial charge in [0.1, 0.15) is 12.4 Å². The lowest BCUT2D eigenvalue weighted by atomic mass is 10.1. The molecule has 1 atom stereocenters. The molecule has 0 amide bonds. The Kier molecular flexibility index (Phi) is 11.1. The van der Waals surface area contributed by atoms with Gasteiger partial charge in [0.15, 0.2) is 0 Å². The number of aryl methyl sites for hydroxylation is 1. The van der Waals surface area contributed by atoms with E-state index in [1.807, 2.05) is 24.3 Å². The van der Waals surface area contributed by atoms with Crippen molar-refractivity contribution in [3.05, 3.63) is 64.4 Å². The molecule has 5 nitrogen and oxygen atoms in total. The van der Waals surface area contributed by atoms with E-state index in [-0.39, 0.29) is 12.4 Å². The topological polar surface area (TPSA) is 70.6 Å². The van der Waals surface area contributed by atoms with Gasteiger partial charge in [-0.25, -0.2) is 4.39 Å². The summed E-state index contributed by atoms with van der Waals surface area (Å²) in [6, 6.07) is 12.7. The highest BCUT2D eigenvalue weighted by molar-refractivity contribution is 7.32. The zero-order valence-electron chi connectivity index (χ0n) is 16.4. The SMILES string of the molecule is O=[P+](O)OCCCNCc1ccc(NCCCCCc2cccc(F)c2)c(Cl)c1. The number of halogens is 2. The standard InChI is InChI=1S/C21H27ClFN2O3P/c22-20-15-18(16-24-11-5-13-28-29(26)27)9-10-21(20)25-12-3-1-2-6-17-7-4-8-19(23)14-17/h4,7-10,14-15,24-25H,1-3,5-6,11-13,16H2/p+1. The van der Waals surface area contributed by atoms with E-state index in [0.29, 0.717) is 24.5 Å². The second kappa shape index (κ2) is 13.6. The minimum atomic E-state index is -2.51. The number of hydrogen-bond donors (Lipinski definition) is 3. The third kappa shape index (κ3) is 10.2. The highest BCUT2D eigenvalue weighted by atomic mass is 35.5. The normalized spacial score (nSPS) is 11.5. The molecule has 0 bridgehead atoms. The Morgan fingerprint density at radius 2 is 1.90 bits per heavy atom. The third-order valence-corrected chi connectivity index (χ3v) is 5.13. The smallest absolute Gasteiger partial charge is 0.384 e.